The number of aliphatic imine (C=N–C) groups is 1. The first kappa shape index (κ1) is 49.1. The van der Waals surface area contributed by atoms with Crippen molar-refractivity contribution in [2.75, 3.05) is 34.4 Å². The van der Waals surface area contributed by atoms with Crippen LogP contribution in [0, 0.1) is 58.2 Å². The van der Waals surface area contributed by atoms with Crippen molar-refractivity contribution in [2.45, 2.75) is 117 Å². The van der Waals surface area contributed by atoms with Gasteiger partial charge < -0.3 is 21.3 Å². The van der Waals surface area contributed by atoms with Crippen LogP contribution >= 0.6 is 0 Å². The molecular weight excluding hydrogens is 937 g/mol. The zero-order valence-electron chi connectivity index (χ0n) is 44.0. The topological polar surface area (TPSA) is 234 Å². The highest BCUT2D eigenvalue weighted by atomic mass is 15.5. The zero-order valence-corrected chi connectivity index (χ0v) is 44.0. The van der Waals surface area contributed by atoms with E-state index >= 15 is 0 Å². The van der Waals surface area contributed by atoms with Gasteiger partial charge in [-0.05, 0) is 125 Å². The number of nitriles is 2. The van der Waals surface area contributed by atoms with E-state index in [0.717, 1.165) is 101 Å². The number of allylic oxidation sites excluding steroid dienone is 2. The first-order chi connectivity index (χ1) is 36.0. The van der Waals surface area contributed by atoms with Crippen molar-refractivity contribution < 1.29 is 0 Å². The molecule has 5 aromatic heterocycles. The van der Waals surface area contributed by atoms with E-state index in [1.165, 1.54) is 12.7 Å². The molecule has 2 aromatic carbocycles. The Morgan fingerprint density at radius 3 is 2.00 bits per heavy atom. The van der Waals surface area contributed by atoms with Crippen LogP contribution in [-0.4, -0.2) is 74.7 Å². The van der Waals surface area contributed by atoms with Gasteiger partial charge in [0.25, 0.3) is 0 Å². The Kier molecular flexibility index (Phi) is 12.2. The van der Waals surface area contributed by atoms with Gasteiger partial charge in [0.1, 0.15) is 47.8 Å². The summed E-state index contributed by atoms with van der Waals surface area (Å²) in [7, 11) is 0. The third kappa shape index (κ3) is 8.89. The van der Waals surface area contributed by atoms with Gasteiger partial charge >= 0.3 is 0 Å². The molecular formula is C57H64N18. The molecule has 0 amide bonds. The van der Waals surface area contributed by atoms with E-state index < -0.39 is 12.1 Å². The Bertz CT molecular complexity index is 3500. The Balaban J connectivity index is 0.832. The molecule has 4 N–H and O–H groups in total. The molecule has 6 fully saturated rings. The number of hydrogen-bond acceptors (Lipinski definition) is 16. The summed E-state index contributed by atoms with van der Waals surface area (Å²) in [6.07, 6.45) is 19.5. The number of benzene rings is 2. The number of aryl methyl sites for hydroxylation is 1. The monoisotopic (exact) mass is 1000 g/mol. The second kappa shape index (κ2) is 18.7. The third-order valence-corrected chi connectivity index (χ3v) is 16.4. The van der Waals surface area contributed by atoms with Crippen molar-refractivity contribution in [1.82, 2.24) is 54.9 Å². The van der Waals surface area contributed by atoms with Crippen LogP contribution in [0.4, 0.5) is 23.0 Å². The first-order valence-corrected chi connectivity index (χ1v) is 26.0. The molecule has 3 atom stereocenters. The molecule has 18 nitrogen and oxygen atoms in total. The molecule has 6 saturated carbocycles. The first-order valence-electron chi connectivity index (χ1n) is 26.0. The standard InChI is InChI=1S/C57H64N18/c1-10-12-41(33(2)60-9)50(46-27-74(72-70-46)56-19-35(20-56)21-56)68-39-15-37(26-59)49-44(18-39)53(67-32-65-49)63-30-55(7,8)24-45-38-22-57(45,23-38)75-28-47(71-73-75)51(42-13-11-14-61-34(42)3)69-40-16-36(25-58)48-43(17-40)52(66-31-64-48)62-29-54(4,5)6/h10-18,27-28,31-32,35,38,45,50-51,68-69H,9,19-24,29-30H2,1-8H3,(H,62,64,66)(H,63,65,67)/b12-10-,41-33+/t35?,38?,45?,50-,51+,56?,57?/m0/s1. The molecule has 6 aliphatic carbocycles. The highest BCUT2D eigenvalue weighted by molar-refractivity contribution is 5.96. The number of nitrogens with zero attached hydrogens (tertiary/aromatic N) is 14. The van der Waals surface area contributed by atoms with E-state index in [1.807, 2.05) is 63.3 Å². The summed E-state index contributed by atoms with van der Waals surface area (Å²) in [5.41, 5.74) is 8.30. The van der Waals surface area contributed by atoms with Crippen LogP contribution in [0.2, 0.25) is 0 Å². The molecule has 75 heavy (non-hydrogen) atoms. The van der Waals surface area contributed by atoms with Crippen molar-refractivity contribution in [3.63, 3.8) is 0 Å². The molecule has 1 unspecified atom stereocenters. The largest absolute Gasteiger partial charge is 0.373 e. The van der Waals surface area contributed by atoms with E-state index in [0.29, 0.717) is 58.7 Å². The molecule has 13 rings (SSSR count). The second-order valence-electron chi connectivity index (χ2n) is 23.4. The van der Waals surface area contributed by atoms with Crippen molar-refractivity contribution >= 4 is 51.5 Å². The summed E-state index contributed by atoms with van der Waals surface area (Å²) in [6, 6.07) is 15.6. The van der Waals surface area contributed by atoms with Gasteiger partial charge in [0, 0.05) is 64.0 Å². The number of nitrogens with one attached hydrogen (secondary N) is 4. The maximum atomic E-state index is 10.5. The van der Waals surface area contributed by atoms with E-state index in [-0.39, 0.29) is 21.9 Å². The molecule has 7 aromatic rings. The summed E-state index contributed by atoms with van der Waals surface area (Å²) < 4.78 is 4.17. The highest BCUT2D eigenvalue weighted by Gasteiger charge is 2.67. The Labute approximate surface area is 437 Å². The fraction of sp³-hybridized carbons (Fsp3) is 0.439. The van der Waals surface area contributed by atoms with Gasteiger partial charge in [-0.25, -0.2) is 29.3 Å². The maximum absolute atomic E-state index is 10.5. The normalized spacial score (nSPS) is 22.6. The quantitative estimate of drug-likeness (QED) is 0.0436. The fourth-order valence-corrected chi connectivity index (χ4v) is 12.0. The van der Waals surface area contributed by atoms with Crippen molar-refractivity contribution in [2.24, 2.45) is 33.6 Å². The highest BCUT2D eigenvalue weighted by Crippen LogP contribution is 2.69. The van der Waals surface area contributed by atoms with Crippen molar-refractivity contribution in [1.29, 1.82) is 10.5 Å². The Morgan fingerprint density at radius 1 is 0.827 bits per heavy atom. The Hall–Kier alpha value is -8.12. The minimum atomic E-state index is -0.423. The zero-order chi connectivity index (χ0) is 52.4. The predicted molar refractivity (Wildman–Crippen MR) is 291 cm³/mol. The molecule has 18 heteroatoms. The van der Waals surface area contributed by atoms with Crippen LogP contribution in [0.3, 0.4) is 0 Å². The molecule has 0 saturated heterocycles. The van der Waals surface area contributed by atoms with E-state index in [9.17, 15) is 10.5 Å². The lowest BCUT2D eigenvalue weighted by atomic mass is 9.40. The molecule has 0 radical (unpaired) electrons. The van der Waals surface area contributed by atoms with Crippen LogP contribution < -0.4 is 21.3 Å². The van der Waals surface area contributed by atoms with E-state index in [1.54, 1.807) is 6.20 Å². The van der Waals surface area contributed by atoms with E-state index in [4.69, 9.17) is 20.4 Å². The summed E-state index contributed by atoms with van der Waals surface area (Å²) >= 11 is 0. The lowest BCUT2D eigenvalue weighted by Gasteiger charge is -2.69. The van der Waals surface area contributed by atoms with E-state index in [2.05, 4.69) is 133 Å². The van der Waals surface area contributed by atoms with Gasteiger partial charge in [-0.1, -0.05) is 63.3 Å². The fourth-order valence-electron chi connectivity index (χ4n) is 12.0. The molecule has 0 aliphatic heterocycles. The number of aromatic nitrogens is 11. The minimum absolute atomic E-state index is 0.0100. The Morgan fingerprint density at radius 2 is 1.44 bits per heavy atom. The lowest BCUT2D eigenvalue weighted by molar-refractivity contribution is -0.193. The van der Waals surface area contributed by atoms with Gasteiger partial charge in [-0.15, -0.1) is 10.2 Å². The summed E-state index contributed by atoms with van der Waals surface area (Å²) in [6.45, 7) is 22.2. The van der Waals surface area contributed by atoms with Gasteiger partial charge in [-0.2, -0.15) is 10.5 Å². The SMILES string of the molecule is C=N/C(C)=C(\C=C/C)[C@H](Nc1cc(C#N)c2ncnc(NCC(C)(C)CC3C4CC3(n3cc([C@H](Nc5cc(C#N)c6ncnc(NCC(C)(C)C)c6c5)c5cccnc5C)nn3)C4)c2c1)c1cn(C23CC(C2)C3)nn1. The number of hydrogen-bond donors (Lipinski definition) is 4. The van der Waals surface area contributed by atoms with Gasteiger partial charge in [0.15, 0.2) is 0 Å². The van der Waals surface area contributed by atoms with Crippen LogP contribution in [0.1, 0.15) is 133 Å². The van der Waals surface area contributed by atoms with Crippen LogP contribution in [0.25, 0.3) is 21.8 Å². The van der Waals surface area contributed by atoms with Crippen LogP contribution in [0.5, 0.6) is 0 Å². The third-order valence-electron chi connectivity index (χ3n) is 16.4. The average Bonchev–Trinajstić information content (AvgIpc) is 4.10. The van der Waals surface area contributed by atoms with Crippen molar-refractivity contribution in [3.05, 3.63) is 125 Å². The lowest BCUT2D eigenvalue weighted by Crippen LogP contribution is -2.68. The smallest absolute Gasteiger partial charge is 0.137 e. The number of pyridine rings is 1. The number of fused-ring (bicyclic) bond motifs is 2. The molecule has 6 aliphatic rings. The molecule has 4 bridgehead atoms. The number of anilines is 4. The van der Waals surface area contributed by atoms with Crippen molar-refractivity contribution in [3.8, 4) is 12.1 Å². The van der Waals surface area contributed by atoms with Crippen LogP contribution in [-0.2, 0) is 11.1 Å². The molecule has 382 valence electrons. The predicted octanol–water partition coefficient (Wildman–Crippen LogP) is 10.3. The van der Waals surface area contributed by atoms with Gasteiger partial charge in [-0.3, -0.25) is 9.98 Å². The summed E-state index contributed by atoms with van der Waals surface area (Å²) in [5.74, 6) is 3.12. The average molecular weight is 1000 g/mol. The maximum Gasteiger partial charge on any atom is 0.137 e. The van der Waals surface area contributed by atoms with Crippen LogP contribution in [0.15, 0.2) is 96.1 Å². The molecule has 5 heterocycles. The minimum Gasteiger partial charge on any atom is -0.373 e. The second-order valence-corrected chi connectivity index (χ2v) is 23.4. The summed E-state index contributed by atoms with van der Waals surface area (Å²) in [4.78, 5) is 27.4. The summed E-state index contributed by atoms with van der Waals surface area (Å²) in [5, 5.41) is 56.0. The van der Waals surface area contributed by atoms with Gasteiger partial charge in [0.2, 0.25) is 0 Å². The number of rotatable bonds is 19. The molecule has 0 spiro atoms. The van der Waals surface area contributed by atoms with Gasteiger partial charge in [0.05, 0.1) is 57.7 Å².